The fraction of sp³-hybridized carbons (Fsp3) is 0.909. The van der Waals surface area contributed by atoms with Gasteiger partial charge in [0.15, 0.2) is 0 Å². The van der Waals surface area contributed by atoms with Crippen molar-refractivity contribution in [2.24, 2.45) is 5.92 Å². The van der Waals surface area contributed by atoms with Crippen LogP contribution in [0.3, 0.4) is 0 Å². The van der Waals surface area contributed by atoms with Crippen LogP contribution in [0.25, 0.3) is 0 Å². The van der Waals surface area contributed by atoms with Gasteiger partial charge in [0.25, 0.3) is 0 Å². The number of aliphatic hydroxyl groups is 1. The minimum Gasteiger partial charge on any atom is -0.396 e. The molecule has 0 aromatic carbocycles. The quantitative estimate of drug-likeness (QED) is 0.616. The minimum absolute atomic E-state index is 0.103. The molecule has 0 spiro atoms. The van der Waals surface area contributed by atoms with Gasteiger partial charge in [0.1, 0.15) is 0 Å². The number of rotatable bonds is 7. The van der Waals surface area contributed by atoms with Crippen LogP contribution in [0.2, 0.25) is 0 Å². The first-order valence-corrected chi connectivity index (χ1v) is 5.52. The highest BCUT2D eigenvalue weighted by atomic mass is 16.2. The first-order chi connectivity index (χ1) is 6.61. The van der Waals surface area contributed by atoms with Crippen LogP contribution in [0.15, 0.2) is 0 Å². The van der Waals surface area contributed by atoms with Crippen LogP contribution < -0.4 is 5.32 Å². The summed E-state index contributed by atoms with van der Waals surface area (Å²) in [6.07, 6.45) is 3.10. The van der Waals surface area contributed by atoms with Crippen molar-refractivity contribution in [2.45, 2.75) is 52.5 Å². The van der Waals surface area contributed by atoms with Crippen molar-refractivity contribution in [1.29, 1.82) is 0 Å². The van der Waals surface area contributed by atoms with E-state index >= 15 is 0 Å². The van der Waals surface area contributed by atoms with Crippen LogP contribution in [0, 0.1) is 5.92 Å². The van der Waals surface area contributed by atoms with E-state index in [0.29, 0.717) is 18.8 Å². The zero-order valence-corrected chi connectivity index (χ0v) is 9.55. The van der Waals surface area contributed by atoms with Gasteiger partial charge in [0.05, 0.1) is 0 Å². The fourth-order valence-electron chi connectivity index (χ4n) is 1.22. The first-order valence-electron chi connectivity index (χ1n) is 5.52. The van der Waals surface area contributed by atoms with Gasteiger partial charge < -0.3 is 10.4 Å². The third-order valence-corrected chi connectivity index (χ3v) is 2.70. The summed E-state index contributed by atoms with van der Waals surface area (Å²) in [5.41, 5.74) is 0. The molecular formula is C11H23NO2. The molecule has 3 heteroatoms. The third kappa shape index (κ3) is 5.97. The highest BCUT2D eigenvalue weighted by molar-refractivity contribution is 5.76. The van der Waals surface area contributed by atoms with Crippen molar-refractivity contribution in [3.05, 3.63) is 0 Å². The molecule has 0 aliphatic carbocycles. The Kier molecular flexibility index (Phi) is 7.48. The number of nitrogens with one attached hydrogen (secondary N) is 1. The molecule has 0 saturated heterocycles. The van der Waals surface area contributed by atoms with E-state index in [-0.39, 0.29) is 18.6 Å². The van der Waals surface area contributed by atoms with Gasteiger partial charge in [-0.3, -0.25) is 4.79 Å². The molecule has 84 valence electrons. The number of aliphatic hydroxyl groups excluding tert-OH is 1. The molecular weight excluding hydrogens is 178 g/mol. The van der Waals surface area contributed by atoms with Crippen LogP contribution in [0.4, 0.5) is 0 Å². The molecule has 2 unspecified atom stereocenters. The largest absolute Gasteiger partial charge is 0.396 e. The molecule has 0 saturated carbocycles. The van der Waals surface area contributed by atoms with Gasteiger partial charge in [0.2, 0.25) is 5.91 Å². The second-order valence-electron chi connectivity index (χ2n) is 3.92. The molecule has 0 aliphatic rings. The summed E-state index contributed by atoms with van der Waals surface area (Å²) in [6.45, 7) is 6.48. The predicted octanol–water partition coefficient (Wildman–Crippen LogP) is 1.70. The van der Waals surface area contributed by atoms with Crippen molar-refractivity contribution < 1.29 is 9.90 Å². The van der Waals surface area contributed by atoms with E-state index in [1.807, 2.05) is 6.92 Å². The van der Waals surface area contributed by atoms with Crippen LogP contribution in [0.1, 0.15) is 46.5 Å². The van der Waals surface area contributed by atoms with Crippen LogP contribution >= 0.6 is 0 Å². The van der Waals surface area contributed by atoms with E-state index in [2.05, 4.69) is 19.2 Å². The lowest BCUT2D eigenvalue weighted by atomic mass is 10.0. The maximum atomic E-state index is 11.4. The summed E-state index contributed by atoms with van der Waals surface area (Å²) in [5.74, 6) is 0.628. The van der Waals surface area contributed by atoms with Crippen LogP contribution in [-0.4, -0.2) is 23.7 Å². The van der Waals surface area contributed by atoms with Crippen LogP contribution in [0.5, 0.6) is 0 Å². The normalized spacial score (nSPS) is 14.9. The number of hydrogen-bond acceptors (Lipinski definition) is 2. The summed E-state index contributed by atoms with van der Waals surface area (Å²) in [7, 11) is 0. The second kappa shape index (κ2) is 7.80. The van der Waals surface area contributed by atoms with E-state index in [9.17, 15) is 4.79 Å². The molecule has 1 amide bonds. The van der Waals surface area contributed by atoms with Gasteiger partial charge in [-0.15, -0.1) is 0 Å². The topological polar surface area (TPSA) is 49.3 Å². The van der Waals surface area contributed by atoms with E-state index in [1.54, 1.807) is 0 Å². The molecule has 0 rings (SSSR count). The van der Waals surface area contributed by atoms with Crippen molar-refractivity contribution in [2.75, 3.05) is 6.61 Å². The molecule has 0 radical (unpaired) electrons. The van der Waals surface area contributed by atoms with Crippen molar-refractivity contribution in [1.82, 2.24) is 5.32 Å². The van der Waals surface area contributed by atoms with Crippen LogP contribution in [-0.2, 0) is 4.79 Å². The lowest BCUT2D eigenvalue weighted by molar-refractivity contribution is -0.122. The Morgan fingerprint density at radius 3 is 2.50 bits per heavy atom. The maximum Gasteiger partial charge on any atom is 0.220 e. The molecule has 0 bridgehead atoms. The zero-order chi connectivity index (χ0) is 11.0. The molecule has 2 N–H and O–H groups in total. The fourth-order valence-corrected chi connectivity index (χ4v) is 1.22. The van der Waals surface area contributed by atoms with Crippen molar-refractivity contribution >= 4 is 5.91 Å². The zero-order valence-electron chi connectivity index (χ0n) is 9.55. The average molecular weight is 201 g/mol. The van der Waals surface area contributed by atoms with E-state index in [4.69, 9.17) is 5.11 Å². The second-order valence-corrected chi connectivity index (χ2v) is 3.92. The summed E-state index contributed by atoms with van der Waals surface area (Å²) in [4.78, 5) is 11.4. The molecule has 0 aromatic heterocycles. The lowest BCUT2D eigenvalue weighted by Crippen LogP contribution is -2.36. The van der Waals surface area contributed by atoms with E-state index < -0.39 is 0 Å². The number of hydrogen-bond donors (Lipinski definition) is 2. The van der Waals surface area contributed by atoms with Gasteiger partial charge >= 0.3 is 0 Å². The Balaban J connectivity index is 3.60. The maximum absolute atomic E-state index is 11.4. The summed E-state index contributed by atoms with van der Waals surface area (Å²) in [6, 6.07) is 0.252. The van der Waals surface area contributed by atoms with Gasteiger partial charge in [-0.05, 0) is 25.7 Å². The van der Waals surface area contributed by atoms with Crippen molar-refractivity contribution in [3.8, 4) is 0 Å². The standard InChI is InChI=1S/C11H23NO2/c1-4-9(2)10(3)12-11(14)7-5-6-8-13/h9-10,13H,4-8H2,1-3H3,(H,12,14). The van der Waals surface area contributed by atoms with E-state index in [0.717, 1.165) is 12.8 Å². The molecule has 2 atom stereocenters. The highest BCUT2D eigenvalue weighted by Crippen LogP contribution is 2.07. The van der Waals surface area contributed by atoms with Gasteiger partial charge in [-0.2, -0.15) is 0 Å². The Morgan fingerprint density at radius 2 is 2.00 bits per heavy atom. The summed E-state index contributed by atoms with van der Waals surface area (Å²) in [5, 5.41) is 11.5. The Morgan fingerprint density at radius 1 is 1.36 bits per heavy atom. The lowest BCUT2D eigenvalue weighted by Gasteiger charge is -2.19. The molecule has 14 heavy (non-hydrogen) atoms. The van der Waals surface area contributed by atoms with Gasteiger partial charge in [-0.25, -0.2) is 0 Å². The Labute approximate surface area is 86.9 Å². The molecule has 3 nitrogen and oxygen atoms in total. The Hall–Kier alpha value is -0.570. The molecule has 0 aromatic rings. The first kappa shape index (κ1) is 13.4. The monoisotopic (exact) mass is 201 g/mol. The highest BCUT2D eigenvalue weighted by Gasteiger charge is 2.12. The minimum atomic E-state index is 0.103. The smallest absolute Gasteiger partial charge is 0.220 e. The van der Waals surface area contributed by atoms with Gasteiger partial charge in [-0.1, -0.05) is 20.3 Å². The predicted molar refractivity (Wildman–Crippen MR) is 58.0 cm³/mol. The number of carbonyl (C=O) groups is 1. The molecule has 0 aliphatic heterocycles. The Bertz CT molecular complexity index is 159. The van der Waals surface area contributed by atoms with E-state index in [1.165, 1.54) is 0 Å². The summed E-state index contributed by atoms with van der Waals surface area (Å²) < 4.78 is 0. The number of amides is 1. The van der Waals surface area contributed by atoms with Crippen molar-refractivity contribution in [3.63, 3.8) is 0 Å². The summed E-state index contributed by atoms with van der Waals surface area (Å²) >= 11 is 0. The number of unbranched alkanes of at least 4 members (excludes halogenated alkanes) is 1. The van der Waals surface area contributed by atoms with Gasteiger partial charge in [0, 0.05) is 19.1 Å². The molecule has 0 heterocycles. The third-order valence-electron chi connectivity index (χ3n) is 2.70. The number of carbonyl (C=O) groups excluding carboxylic acids is 1. The SMILES string of the molecule is CCC(C)C(C)NC(=O)CCCCO. The molecule has 0 fully saturated rings. The average Bonchev–Trinajstić information content (AvgIpc) is 2.16.